The van der Waals surface area contributed by atoms with Crippen LogP contribution in [-0.2, 0) is 4.74 Å². The lowest BCUT2D eigenvalue weighted by Crippen LogP contribution is -1.95. The van der Waals surface area contributed by atoms with E-state index in [2.05, 4.69) is 26.2 Å². The van der Waals surface area contributed by atoms with E-state index in [1.807, 2.05) is 26.0 Å². The van der Waals surface area contributed by atoms with Crippen molar-refractivity contribution >= 4 is 0 Å². The predicted octanol–water partition coefficient (Wildman–Crippen LogP) is 4.29. The van der Waals surface area contributed by atoms with Gasteiger partial charge in [-0.25, -0.2) is 0 Å². The third kappa shape index (κ3) is 12.9. The van der Waals surface area contributed by atoms with Crippen molar-refractivity contribution in [2.75, 3.05) is 13.2 Å². The molecule has 86 valence electrons. The van der Waals surface area contributed by atoms with Gasteiger partial charge >= 0.3 is 0 Å². The van der Waals surface area contributed by atoms with Crippen LogP contribution in [0.25, 0.3) is 0 Å². The molecule has 0 amide bonds. The first kappa shape index (κ1) is 16.4. The maximum absolute atomic E-state index is 5.37. The van der Waals surface area contributed by atoms with Gasteiger partial charge in [-0.1, -0.05) is 64.3 Å². The molecule has 0 heterocycles. The Balaban J connectivity index is 0. The quantitative estimate of drug-likeness (QED) is 0.344. The van der Waals surface area contributed by atoms with E-state index in [1.165, 1.54) is 0 Å². The fraction of sp³-hybridized carbons (Fsp3) is 0.429. The molecule has 0 aliphatic rings. The summed E-state index contributed by atoms with van der Waals surface area (Å²) in [6.07, 6.45) is 10.6. The lowest BCUT2D eigenvalue weighted by Gasteiger charge is -2.00. The van der Waals surface area contributed by atoms with E-state index in [1.54, 1.807) is 12.2 Å². The molecule has 0 bridgehead atoms. The van der Waals surface area contributed by atoms with Gasteiger partial charge in [-0.3, -0.25) is 0 Å². The van der Waals surface area contributed by atoms with E-state index in [-0.39, 0.29) is 0 Å². The molecule has 0 spiro atoms. The van der Waals surface area contributed by atoms with Gasteiger partial charge in [-0.05, 0) is 12.0 Å². The fourth-order valence-corrected chi connectivity index (χ4v) is 0.806. The third-order valence-corrected chi connectivity index (χ3v) is 1.48. The average molecular weight is 208 g/mol. The molecule has 0 radical (unpaired) electrons. The van der Waals surface area contributed by atoms with E-state index in [0.717, 1.165) is 12.0 Å². The first-order valence-corrected chi connectivity index (χ1v) is 5.52. The van der Waals surface area contributed by atoms with Crippen LogP contribution in [0.15, 0.2) is 49.1 Å². The summed E-state index contributed by atoms with van der Waals surface area (Å²) >= 11 is 0. The van der Waals surface area contributed by atoms with Crippen molar-refractivity contribution in [1.82, 2.24) is 0 Å². The van der Waals surface area contributed by atoms with E-state index in [9.17, 15) is 0 Å². The summed E-state index contributed by atoms with van der Waals surface area (Å²) in [5.74, 6) is 0. The molecule has 0 saturated carbocycles. The summed E-state index contributed by atoms with van der Waals surface area (Å²) < 4.78 is 5.37. The molecular weight excluding hydrogens is 184 g/mol. The summed E-state index contributed by atoms with van der Waals surface area (Å²) in [7, 11) is 0. The molecular formula is C14H24O. The van der Waals surface area contributed by atoms with Gasteiger partial charge in [0.25, 0.3) is 0 Å². The lowest BCUT2D eigenvalue weighted by atomic mass is 10.2. The Hall–Kier alpha value is -1.08. The molecule has 15 heavy (non-hydrogen) atoms. The molecule has 0 aromatic rings. The van der Waals surface area contributed by atoms with Crippen LogP contribution in [0.2, 0.25) is 0 Å². The van der Waals surface area contributed by atoms with Gasteiger partial charge in [0.1, 0.15) is 0 Å². The predicted molar refractivity (Wildman–Crippen MR) is 70.1 cm³/mol. The number of rotatable bonds is 7. The summed E-state index contributed by atoms with van der Waals surface area (Å²) in [5, 5.41) is 0. The van der Waals surface area contributed by atoms with Crippen LogP contribution in [0.4, 0.5) is 0 Å². The lowest BCUT2D eigenvalue weighted by molar-refractivity contribution is 0.189. The number of hydrogen-bond acceptors (Lipinski definition) is 1. The van der Waals surface area contributed by atoms with E-state index < -0.39 is 0 Å². The first-order chi connectivity index (χ1) is 7.35. The minimum atomic E-state index is 0.601. The molecule has 0 aromatic carbocycles. The highest BCUT2D eigenvalue weighted by Gasteiger charge is 1.88. The van der Waals surface area contributed by atoms with Crippen LogP contribution in [-0.4, -0.2) is 13.2 Å². The van der Waals surface area contributed by atoms with Gasteiger partial charge < -0.3 is 4.74 Å². The third-order valence-electron chi connectivity index (χ3n) is 1.48. The van der Waals surface area contributed by atoms with E-state index in [0.29, 0.717) is 13.2 Å². The zero-order valence-corrected chi connectivity index (χ0v) is 10.3. The Labute approximate surface area is 94.8 Å². The van der Waals surface area contributed by atoms with Crippen LogP contribution in [0.3, 0.4) is 0 Å². The van der Waals surface area contributed by atoms with Gasteiger partial charge in [0, 0.05) is 0 Å². The topological polar surface area (TPSA) is 9.23 Å². The normalized spacial score (nSPS) is 10.7. The Kier molecular flexibility index (Phi) is 16.8. The van der Waals surface area contributed by atoms with Crippen LogP contribution in [0.5, 0.6) is 0 Å². The van der Waals surface area contributed by atoms with Crippen LogP contribution in [0, 0.1) is 0 Å². The van der Waals surface area contributed by atoms with E-state index in [4.69, 9.17) is 4.74 Å². The van der Waals surface area contributed by atoms with Crippen molar-refractivity contribution in [3.05, 3.63) is 49.1 Å². The monoisotopic (exact) mass is 208 g/mol. The van der Waals surface area contributed by atoms with Crippen molar-refractivity contribution in [2.24, 2.45) is 0 Å². The number of hydrogen-bond donors (Lipinski definition) is 0. The number of allylic oxidation sites excluding steroid dienone is 3. The molecule has 0 rings (SSSR count). The molecule has 0 unspecified atom stereocenters. The van der Waals surface area contributed by atoms with Crippen molar-refractivity contribution < 1.29 is 4.74 Å². The zero-order valence-electron chi connectivity index (χ0n) is 10.3. The van der Waals surface area contributed by atoms with Crippen LogP contribution < -0.4 is 0 Å². The maximum Gasteiger partial charge on any atom is 0.0720 e. The molecule has 0 atom stereocenters. The number of ether oxygens (including phenoxy) is 1. The van der Waals surface area contributed by atoms with Crippen molar-refractivity contribution in [1.29, 1.82) is 0 Å². The second-order valence-corrected chi connectivity index (χ2v) is 2.58. The SMILES string of the molecule is C=C/C=C(\C=C)COC/C=C\CC.CC. The summed E-state index contributed by atoms with van der Waals surface area (Å²) in [5.41, 5.74) is 1.06. The molecule has 1 heteroatoms. The van der Waals surface area contributed by atoms with Gasteiger partial charge in [0.2, 0.25) is 0 Å². The minimum Gasteiger partial charge on any atom is -0.373 e. The van der Waals surface area contributed by atoms with Crippen molar-refractivity contribution in [2.45, 2.75) is 27.2 Å². The minimum absolute atomic E-state index is 0.601. The largest absolute Gasteiger partial charge is 0.373 e. The molecule has 0 N–H and O–H groups in total. The van der Waals surface area contributed by atoms with Gasteiger partial charge in [-0.15, -0.1) is 0 Å². The average Bonchev–Trinajstić information content (AvgIpc) is 2.30. The fourth-order valence-electron chi connectivity index (χ4n) is 0.806. The standard InChI is InChI=1S/C12H18O.C2H6/c1-4-7-8-10-13-11-12(6-3)9-5-2;1-2/h5-9H,2-4,10-11H2,1H3;1-2H3/b8-7-,12-9+;. The second-order valence-electron chi connectivity index (χ2n) is 2.58. The molecule has 0 fully saturated rings. The second kappa shape index (κ2) is 15.4. The maximum atomic E-state index is 5.37. The van der Waals surface area contributed by atoms with Crippen LogP contribution in [0.1, 0.15) is 27.2 Å². The van der Waals surface area contributed by atoms with Gasteiger partial charge in [0.05, 0.1) is 13.2 Å². The Morgan fingerprint density at radius 3 is 2.33 bits per heavy atom. The molecule has 0 aliphatic heterocycles. The van der Waals surface area contributed by atoms with Crippen molar-refractivity contribution in [3.8, 4) is 0 Å². The van der Waals surface area contributed by atoms with Crippen LogP contribution >= 0.6 is 0 Å². The van der Waals surface area contributed by atoms with E-state index >= 15 is 0 Å². The van der Waals surface area contributed by atoms with Gasteiger partial charge in [-0.2, -0.15) is 0 Å². The summed E-state index contributed by atoms with van der Waals surface area (Å²) in [6, 6.07) is 0. The highest BCUT2D eigenvalue weighted by molar-refractivity contribution is 5.21. The van der Waals surface area contributed by atoms with Gasteiger partial charge in [0.15, 0.2) is 0 Å². The Bertz CT molecular complexity index is 199. The first-order valence-electron chi connectivity index (χ1n) is 5.52. The Morgan fingerprint density at radius 2 is 1.87 bits per heavy atom. The van der Waals surface area contributed by atoms with Crippen molar-refractivity contribution in [3.63, 3.8) is 0 Å². The molecule has 0 saturated heterocycles. The highest BCUT2D eigenvalue weighted by Crippen LogP contribution is 1.97. The molecule has 0 aliphatic carbocycles. The molecule has 1 nitrogen and oxygen atoms in total. The highest BCUT2D eigenvalue weighted by atomic mass is 16.5. The zero-order chi connectivity index (χ0) is 11.9. The molecule has 0 aromatic heterocycles. The summed E-state index contributed by atoms with van der Waals surface area (Å²) in [6.45, 7) is 14.7. The summed E-state index contributed by atoms with van der Waals surface area (Å²) in [4.78, 5) is 0. The Morgan fingerprint density at radius 1 is 1.20 bits per heavy atom. The smallest absolute Gasteiger partial charge is 0.0720 e.